The number of H-pyrrole nitrogens is 1. The standard InChI is InChI=1S/C25H24ClN7O2/c1-5-14-8-15(11-27)22(18-13-29-24-17(18)9-16(26)12-28-24)31-23(14)30-20(10-21(34)35)25(2,3)19-6-7-33(4)32-19/h5-9,12-13,20H,1,10H2,2-4H3,(H,28,29)(H,30,31)(H,34,35). The zero-order chi connectivity index (χ0) is 25.3. The highest BCUT2D eigenvalue weighted by Crippen LogP contribution is 2.35. The summed E-state index contributed by atoms with van der Waals surface area (Å²) in [6.45, 7) is 7.72. The number of carbonyl (C=O) groups is 1. The summed E-state index contributed by atoms with van der Waals surface area (Å²) in [5, 5.41) is 28.5. The quantitative estimate of drug-likeness (QED) is 0.325. The van der Waals surface area contributed by atoms with E-state index < -0.39 is 17.4 Å². The van der Waals surface area contributed by atoms with Crippen LogP contribution in [0.3, 0.4) is 0 Å². The largest absolute Gasteiger partial charge is 0.481 e. The fraction of sp³-hybridized carbons (Fsp3) is 0.240. The fourth-order valence-electron chi connectivity index (χ4n) is 4.03. The number of carboxylic acids is 1. The van der Waals surface area contributed by atoms with Crippen molar-refractivity contribution in [2.24, 2.45) is 7.05 Å². The third-order valence-corrected chi connectivity index (χ3v) is 6.29. The molecular formula is C25H24ClN7O2. The third kappa shape index (κ3) is 4.61. The Kier molecular flexibility index (Phi) is 6.33. The zero-order valence-corrected chi connectivity index (χ0v) is 20.3. The molecule has 0 aliphatic carbocycles. The van der Waals surface area contributed by atoms with Crippen LogP contribution in [0.15, 0.2) is 43.4 Å². The lowest BCUT2D eigenvalue weighted by molar-refractivity contribution is -0.137. The van der Waals surface area contributed by atoms with Crippen molar-refractivity contribution in [3.63, 3.8) is 0 Å². The summed E-state index contributed by atoms with van der Waals surface area (Å²) in [6, 6.07) is 6.93. The van der Waals surface area contributed by atoms with Crippen molar-refractivity contribution in [2.45, 2.75) is 31.7 Å². The number of aliphatic carboxylic acids is 1. The second kappa shape index (κ2) is 9.24. The maximum absolute atomic E-state index is 11.8. The summed E-state index contributed by atoms with van der Waals surface area (Å²) in [7, 11) is 1.81. The molecule has 0 spiro atoms. The van der Waals surface area contributed by atoms with Gasteiger partial charge in [-0.1, -0.05) is 38.1 Å². The van der Waals surface area contributed by atoms with Crippen molar-refractivity contribution >= 4 is 40.5 Å². The first kappa shape index (κ1) is 24.0. The third-order valence-electron chi connectivity index (χ3n) is 6.08. The van der Waals surface area contributed by atoms with Crippen LogP contribution in [0.5, 0.6) is 0 Å². The lowest BCUT2D eigenvalue weighted by Crippen LogP contribution is -2.42. The van der Waals surface area contributed by atoms with E-state index in [1.54, 1.807) is 29.1 Å². The number of halogens is 1. The van der Waals surface area contributed by atoms with Crippen molar-refractivity contribution in [3.05, 3.63) is 65.2 Å². The van der Waals surface area contributed by atoms with Crippen LogP contribution in [-0.2, 0) is 17.3 Å². The smallest absolute Gasteiger partial charge is 0.305 e. The Morgan fingerprint density at radius 1 is 1.46 bits per heavy atom. The highest BCUT2D eigenvalue weighted by molar-refractivity contribution is 6.31. The molecule has 4 aromatic rings. The van der Waals surface area contributed by atoms with Gasteiger partial charge >= 0.3 is 5.97 Å². The molecule has 0 saturated heterocycles. The number of fused-ring (bicyclic) bond motifs is 1. The molecule has 1 atom stereocenters. The summed E-state index contributed by atoms with van der Waals surface area (Å²) in [5.41, 5.74) is 2.68. The van der Waals surface area contributed by atoms with Gasteiger partial charge in [-0.3, -0.25) is 9.48 Å². The SMILES string of the molecule is C=Cc1cc(C#N)c(-c2c[nH]c3ncc(Cl)cc23)nc1NC(CC(=O)O)C(C)(C)c1ccn(C)n1. The Morgan fingerprint density at radius 2 is 2.23 bits per heavy atom. The van der Waals surface area contributed by atoms with Crippen molar-refractivity contribution in [2.75, 3.05) is 5.32 Å². The van der Waals surface area contributed by atoms with Crippen molar-refractivity contribution in [1.29, 1.82) is 5.26 Å². The van der Waals surface area contributed by atoms with Gasteiger partial charge in [-0.15, -0.1) is 0 Å². The average Bonchev–Trinajstić information content (AvgIpc) is 3.44. The Bertz CT molecular complexity index is 1480. The van der Waals surface area contributed by atoms with E-state index >= 15 is 0 Å². The van der Waals surface area contributed by atoms with Gasteiger partial charge in [0, 0.05) is 53.6 Å². The van der Waals surface area contributed by atoms with Gasteiger partial charge in [0.05, 0.1) is 28.4 Å². The first-order valence-electron chi connectivity index (χ1n) is 10.8. The number of hydrogen-bond acceptors (Lipinski definition) is 6. The van der Waals surface area contributed by atoms with Gasteiger partial charge in [0.1, 0.15) is 17.5 Å². The van der Waals surface area contributed by atoms with E-state index in [0.717, 1.165) is 11.1 Å². The van der Waals surface area contributed by atoms with Crippen molar-refractivity contribution < 1.29 is 9.90 Å². The lowest BCUT2D eigenvalue weighted by atomic mass is 9.79. The molecule has 4 heterocycles. The predicted octanol–water partition coefficient (Wildman–Crippen LogP) is 4.76. The molecule has 1 unspecified atom stereocenters. The molecule has 0 aliphatic rings. The summed E-state index contributed by atoms with van der Waals surface area (Å²) in [4.78, 5) is 23.9. The predicted molar refractivity (Wildman–Crippen MR) is 135 cm³/mol. The molecule has 0 saturated carbocycles. The number of anilines is 1. The molecule has 0 amide bonds. The van der Waals surface area contributed by atoms with Crippen LogP contribution in [0, 0.1) is 11.3 Å². The van der Waals surface area contributed by atoms with Gasteiger partial charge in [0.25, 0.3) is 0 Å². The first-order chi connectivity index (χ1) is 16.6. The Labute approximate surface area is 207 Å². The number of aryl methyl sites for hydroxylation is 1. The maximum atomic E-state index is 11.8. The number of aromatic nitrogens is 5. The highest BCUT2D eigenvalue weighted by atomic mass is 35.5. The molecule has 9 nitrogen and oxygen atoms in total. The van der Waals surface area contributed by atoms with Crippen LogP contribution in [0.25, 0.3) is 28.4 Å². The lowest BCUT2D eigenvalue weighted by Gasteiger charge is -2.33. The molecule has 4 aromatic heterocycles. The van der Waals surface area contributed by atoms with E-state index in [2.05, 4.69) is 33.0 Å². The van der Waals surface area contributed by atoms with Gasteiger partial charge < -0.3 is 15.4 Å². The topological polar surface area (TPSA) is 133 Å². The van der Waals surface area contributed by atoms with Gasteiger partial charge in [-0.2, -0.15) is 10.4 Å². The number of nitrogens with one attached hydrogen (secondary N) is 2. The molecule has 178 valence electrons. The van der Waals surface area contributed by atoms with Crippen molar-refractivity contribution in [3.8, 4) is 17.3 Å². The Balaban J connectivity index is 1.85. The van der Waals surface area contributed by atoms with Crippen LogP contribution in [0.2, 0.25) is 5.02 Å². The van der Waals surface area contributed by atoms with E-state index in [0.29, 0.717) is 38.9 Å². The fourth-order valence-corrected chi connectivity index (χ4v) is 4.19. The molecule has 35 heavy (non-hydrogen) atoms. The molecule has 0 bridgehead atoms. The van der Waals surface area contributed by atoms with Crippen LogP contribution >= 0.6 is 11.6 Å². The number of aromatic amines is 1. The molecule has 0 aromatic carbocycles. The minimum absolute atomic E-state index is 0.177. The highest BCUT2D eigenvalue weighted by Gasteiger charge is 2.36. The molecular weight excluding hydrogens is 466 g/mol. The number of nitriles is 1. The van der Waals surface area contributed by atoms with Crippen LogP contribution in [0.4, 0.5) is 5.82 Å². The number of hydrogen-bond donors (Lipinski definition) is 3. The second-order valence-electron chi connectivity index (χ2n) is 8.78. The van der Waals surface area contributed by atoms with Crippen LogP contribution < -0.4 is 5.32 Å². The van der Waals surface area contributed by atoms with E-state index in [9.17, 15) is 15.2 Å². The normalized spacial score (nSPS) is 12.3. The van der Waals surface area contributed by atoms with E-state index in [-0.39, 0.29) is 6.42 Å². The molecule has 0 radical (unpaired) electrons. The zero-order valence-electron chi connectivity index (χ0n) is 19.5. The van der Waals surface area contributed by atoms with E-state index in [1.807, 2.05) is 33.2 Å². The number of rotatable bonds is 8. The molecule has 0 aliphatic heterocycles. The first-order valence-corrected chi connectivity index (χ1v) is 11.2. The van der Waals surface area contributed by atoms with Gasteiger partial charge in [-0.25, -0.2) is 9.97 Å². The summed E-state index contributed by atoms with van der Waals surface area (Å²) in [5.74, 6) is -0.550. The van der Waals surface area contributed by atoms with E-state index in [1.165, 1.54) is 6.20 Å². The van der Waals surface area contributed by atoms with Gasteiger partial charge in [0.2, 0.25) is 0 Å². The van der Waals surface area contributed by atoms with Gasteiger partial charge in [0.15, 0.2) is 0 Å². The minimum atomic E-state index is -0.960. The van der Waals surface area contributed by atoms with Crippen LogP contribution in [-0.4, -0.2) is 41.9 Å². The molecule has 3 N–H and O–H groups in total. The number of pyridine rings is 2. The molecule has 4 rings (SSSR count). The molecule has 10 heteroatoms. The average molecular weight is 490 g/mol. The summed E-state index contributed by atoms with van der Waals surface area (Å²) < 4.78 is 1.68. The van der Waals surface area contributed by atoms with Crippen molar-refractivity contribution in [1.82, 2.24) is 24.7 Å². The monoisotopic (exact) mass is 489 g/mol. The Hall–Kier alpha value is -4.16. The minimum Gasteiger partial charge on any atom is -0.481 e. The van der Waals surface area contributed by atoms with Gasteiger partial charge in [-0.05, 0) is 18.2 Å². The summed E-state index contributed by atoms with van der Waals surface area (Å²) >= 11 is 6.16. The van der Waals surface area contributed by atoms with E-state index in [4.69, 9.17) is 16.6 Å². The second-order valence-corrected chi connectivity index (χ2v) is 9.22. The maximum Gasteiger partial charge on any atom is 0.305 e. The Morgan fingerprint density at radius 3 is 2.86 bits per heavy atom. The summed E-state index contributed by atoms with van der Waals surface area (Å²) in [6.07, 6.45) is 6.48. The number of carboxylic acid groups (broad SMARTS) is 1. The molecule has 0 fully saturated rings. The van der Waals surface area contributed by atoms with Crippen LogP contribution in [0.1, 0.15) is 37.1 Å². The number of nitrogens with zero attached hydrogens (tertiary/aromatic N) is 5.